The van der Waals surface area contributed by atoms with E-state index in [4.69, 9.17) is 14.2 Å². The van der Waals surface area contributed by atoms with Crippen molar-refractivity contribution in [2.24, 2.45) is 0 Å². The van der Waals surface area contributed by atoms with Gasteiger partial charge in [-0.05, 0) is 23.8 Å². The molecule has 2 aliphatic heterocycles. The van der Waals surface area contributed by atoms with Gasteiger partial charge in [0, 0.05) is 16.2 Å². The summed E-state index contributed by atoms with van der Waals surface area (Å²) in [6.07, 6.45) is 1.86. The molecule has 0 radical (unpaired) electrons. The van der Waals surface area contributed by atoms with E-state index in [9.17, 15) is 4.79 Å². The molecule has 0 spiro atoms. The summed E-state index contributed by atoms with van der Waals surface area (Å²) in [5, 5.41) is 0. The highest BCUT2D eigenvalue weighted by molar-refractivity contribution is 7.99. The number of methoxy groups -OCH3 is 1. The van der Waals surface area contributed by atoms with Gasteiger partial charge in [-0.15, -0.1) is 11.8 Å². The summed E-state index contributed by atoms with van der Waals surface area (Å²) in [5.41, 5.74) is 1.66. The van der Waals surface area contributed by atoms with Crippen molar-refractivity contribution in [2.75, 3.05) is 26.1 Å². The van der Waals surface area contributed by atoms with Crippen molar-refractivity contribution in [1.82, 2.24) is 0 Å². The van der Waals surface area contributed by atoms with Gasteiger partial charge in [0.1, 0.15) is 13.2 Å². The van der Waals surface area contributed by atoms with E-state index in [-0.39, 0.29) is 5.97 Å². The van der Waals surface area contributed by atoms with E-state index < -0.39 is 0 Å². The Bertz CT molecular complexity index is 536. The summed E-state index contributed by atoms with van der Waals surface area (Å²) < 4.78 is 15.8. The van der Waals surface area contributed by atoms with Gasteiger partial charge in [0.2, 0.25) is 0 Å². The molecule has 0 atom stereocenters. The van der Waals surface area contributed by atoms with Crippen LogP contribution in [0, 0.1) is 0 Å². The fraction of sp³-hybridized carbons (Fsp3) is 0.308. The Hall–Kier alpha value is -1.62. The lowest BCUT2D eigenvalue weighted by molar-refractivity contribution is -0.135. The molecule has 18 heavy (non-hydrogen) atoms. The van der Waals surface area contributed by atoms with Crippen LogP contribution in [0.1, 0.15) is 5.56 Å². The molecule has 0 saturated heterocycles. The molecule has 0 aromatic heterocycles. The zero-order valence-electron chi connectivity index (χ0n) is 9.89. The molecule has 0 aliphatic carbocycles. The van der Waals surface area contributed by atoms with Crippen molar-refractivity contribution in [3.8, 4) is 11.5 Å². The number of fused-ring (bicyclic) bond motifs is 2. The summed E-state index contributed by atoms with van der Waals surface area (Å²) in [5.74, 6) is 1.87. The minimum Gasteiger partial charge on any atom is -0.486 e. The summed E-state index contributed by atoms with van der Waals surface area (Å²) >= 11 is 1.61. The fourth-order valence-corrected chi connectivity index (χ4v) is 2.94. The Balaban J connectivity index is 2.01. The first-order valence-corrected chi connectivity index (χ1v) is 6.62. The SMILES string of the molecule is COC(=O)C1=Cc2cc3c(cc2SC1)OCCO3. The van der Waals surface area contributed by atoms with Crippen LogP contribution in [0.3, 0.4) is 0 Å². The first kappa shape index (κ1) is 11.5. The third-order valence-corrected chi connectivity index (χ3v) is 3.96. The van der Waals surface area contributed by atoms with E-state index in [1.807, 2.05) is 18.2 Å². The van der Waals surface area contributed by atoms with Crippen LogP contribution in [-0.2, 0) is 9.53 Å². The number of thioether (sulfide) groups is 1. The van der Waals surface area contributed by atoms with Gasteiger partial charge in [-0.25, -0.2) is 4.79 Å². The molecule has 2 aliphatic rings. The second-order valence-corrected chi connectivity index (χ2v) is 5.00. The fourth-order valence-electron chi connectivity index (χ4n) is 1.96. The van der Waals surface area contributed by atoms with Crippen LogP contribution in [0.15, 0.2) is 22.6 Å². The Labute approximate surface area is 109 Å². The minimum atomic E-state index is -0.275. The molecular weight excluding hydrogens is 252 g/mol. The van der Waals surface area contributed by atoms with Crippen molar-refractivity contribution in [1.29, 1.82) is 0 Å². The molecule has 3 rings (SSSR count). The van der Waals surface area contributed by atoms with Crippen molar-refractivity contribution >= 4 is 23.8 Å². The van der Waals surface area contributed by atoms with Gasteiger partial charge in [-0.3, -0.25) is 0 Å². The maximum Gasteiger partial charge on any atom is 0.334 e. The Morgan fingerprint density at radius 2 is 2.00 bits per heavy atom. The summed E-state index contributed by atoms with van der Waals surface area (Å²) in [6, 6.07) is 3.89. The van der Waals surface area contributed by atoms with E-state index >= 15 is 0 Å². The monoisotopic (exact) mass is 264 g/mol. The molecule has 0 saturated carbocycles. The van der Waals surface area contributed by atoms with Gasteiger partial charge < -0.3 is 14.2 Å². The number of rotatable bonds is 1. The second-order valence-electron chi connectivity index (χ2n) is 3.98. The lowest BCUT2D eigenvalue weighted by atomic mass is 10.1. The summed E-state index contributed by atoms with van der Waals surface area (Å²) in [4.78, 5) is 12.6. The van der Waals surface area contributed by atoms with E-state index in [2.05, 4.69) is 0 Å². The molecule has 2 heterocycles. The zero-order chi connectivity index (χ0) is 12.5. The highest BCUT2D eigenvalue weighted by Crippen LogP contribution is 2.40. The van der Waals surface area contributed by atoms with Crippen LogP contribution in [0.4, 0.5) is 0 Å². The molecule has 4 nitrogen and oxygen atoms in total. The van der Waals surface area contributed by atoms with Gasteiger partial charge in [0.05, 0.1) is 7.11 Å². The van der Waals surface area contributed by atoms with E-state index in [1.165, 1.54) is 7.11 Å². The molecule has 0 N–H and O–H groups in total. The van der Waals surface area contributed by atoms with Gasteiger partial charge in [-0.1, -0.05) is 0 Å². The number of ether oxygens (including phenoxy) is 3. The lowest BCUT2D eigenvalue weighted by Gasteiger charge is -2.22. The van der Waals surface area contributed by atoms with Gasteiger partial charge in [0.15, 0.2) is 11.5 Å². The predicted octanol–water partition coefficient (Wildman–Crippen LogP) is 2.12. The number of carbonyl (C=O) groups is 1. The van der Waals surface area contributed by atoms with Crippen LogP contribution in [-0.4, -0.2) is 32.0 Å². The third-order valence-electron chi connectivity index (χ3n) is 2.84. The van der Waals surface area contributed by atoms with Crippen molar-refractivity contribution in [2.45, 2.75) is 4.90 Å². The molecular formula is C13H12O4S. The van der Waals surface area contributed by atoms with Gasteiger partial charge >= 0.3 is 5.97 Å². The van der Waals surface area contributed by atoms with Crippen LogP contribution in [0.2, 0.25) is 0 Å². The Morgan fingerprint density at radius 1 is 1.28 bits per heavy atom. The third kappa shape index (κ3) is 1.95. The molecule has 1 aromatic carbocycles. The molecule has 0 unspecified atom stereocenters. The first-order chi connectivity index (χ1) is 8.78. The summed E-state index contributed by atoms with van der Waals surface area (Å²) in [6.45, 7) is 1.15. The standard InChI is InChI=1S/C13H12O4S/c1-15-13(14)9-4-8-5-10-11(17-3-2-16-10)6-12(8)18-7-9/h4-6H,2-3,7H2,1H3. The number of benzene rings is 1. The maximum atomic E-state index is 11.5. The zero-order valence-corrected chi connectivity index (χ0v) is 10.7. The molecule has 94 valence electrons. The van der Waals surface area contributed by atoms with Crippen LogP contribution in [0.25, 0.3) is 6.08 Å². The average Bonchev–Trinajstić information content (AvgIpc) is 2.43. The quantitative estimate of drug-likeness (QED) is 0.727. The second kappa shape index (κ2) is 4.57. The highest BCUT2D eigenvalue weighted by atomic mass is 32.2. The normalized spacial score (nSPS) is 16.6. The minimum absolute atomic E-state index is 0.275. The molecule has 0 amide bonds. The smallest absolute Gasteiger partial charge is 0.334 e. The first-order valence-electron chi connectivity index (χ1n) is 5.63. The molecule has 1 aromatic rings. The van der Waals surface area contributed by atoms with Crippen LogP contribution < -0.4 is 9.47 Å². The topological polar surface area (TPSA) is 44.8 Å². The molecule has 0 bridgehead atoms. The van der Waals surface area contributed by atoms with Gasteiger partial charge in [0.25, 0.3) is 0 Å². The van der Waals surface area contributed by atoms with E-state index in [1.54, 1.807) is 11.8 Å². The highest BCUT2D eigenvalue weighted by Gasteiger charge is 2.21. The predicted molar refractivity (Wildman–Crippen MR) is 68.1 cm³/mol. The van der Waals surface area contributed by atoms with Crippen molar-refractivity contribution in [3.05, 3.63) is 23.3 Å². The molecule has 5 heteroatoms. The Morgan fingerprint density at radius 3 is 2.72 bits per heavy atom. The Kier molecular flexibility index (Phi) is 2.91. The van der Waals surface area contributed by atoms with Crippen LogP contribution >= 0.6 is 11.8 Å². The molecule has 0 fully saturated rings. The van der Waals surface area contributed by atoms with Crippen LogP contribution in [0.5, 0.6) is 11.5 Å². The number of hydrogen-bond donors (Lipinski definition) is 0. The number of carbonyl (C=O) groups excluding carboxylic acids is 1. The van der Waals surface area contributed by atoms with E-state index in [0.717, 1.165) is 22.0 Å². The maximum absolute atomic E-state index is 11.5. The number of hydrogen-bond acceptors (Lipinski definition) is 5. The lowest BCUT2D eigenvalue weighted by Crippen LogP contribution is -2.16. The van der Waals surface area contributed by atoms with Gasteiger partial charge in [-0.2, -0.15) is 0 Å². The number of esters is 1. The van der Waals surface area contributed by atoms with Crippen molar-refractivity contribution in [3.63, 3.8) is 0 Å². The summed E-state index contributed by atoms with van der Waals surface area (Å²) in [7, 11) is 1.40. The van der Waals surface area contributed by atoms with E-state index in [0.29, 0.717) is 24.5 Å². The largest absolute Gasteiger partial charge is 0.486 e. The average molecular weight is 264 g/mol. The van der Waals surface area contributed by atoms with Crippen molar-refractivity contribution < 1.29 is 19.0 Å².